The molecule has 0 saturated heterocycles. The number of aryl methyl sites for hydroxylation is 1. The van der Waals surface area contributed by atoms with Gasteiger partial charge in [-0.25, -0.2) is 0 Å². The molecule has 0 aromatic heterocycles. The molecule has 2 amide bonds. The Bertz CT molecular complexity index is 1030. The van der Waals surface area contributed by atoms with E-state index < -0.39 is 0 Å². The average molecular weight is 371 g/mol. The second kappa shape index (κ2) is 7.19. The molecule has 28 heavy (non-hydrogen) atoms. The molecular formula is C23H21N3O2. The van der Waals surface area contributed by atoms with Crippen LogP contribution in [-0.4, -0.2) is 11.8 Å². The second-order valence-corrected chi connectivity index (χ2v) is 6.91. The smallest absolute Gasteiger partial charge is 0.262 e. The highest BCUT2D eigenvalue weighted by Crippen LogP contribution is 2.36. The minimum atomic E-state index is -0.350. The molecule has 3 aromatic rings. The molecule has 0 bridgehead atoms. The monoisotopic (exact) mass is 371 g/mol. The van der Waals surface area contributed by atoms with Gasteiger partial charge in [-0.1, -0.05) is 42.0 Å². The number of amides is 2. The predicted molar refractivity (Wildman–Crippen MR) is 112 cm³/mol. The van der Waals surface area contributed by atoms with Crippen LogP contribution in [-0.2, 0) is 4.79 Å². The Morgan fingerprint density at radius 2 is 1.64 bits per heavy atom. The quantitative estimate of drug-likeness (QED) is 0.700. The summed E-state index contributed by atoms with van der Waals surface area (Å²) in [5.74, 6) is -0.164. The average Bonchev–Trinajstić information content (AvgIpc) is 2.69. The molecular weight excluding hydrogens is 350 g/mol. The Morgan fingerprint density at radius 1 is 0.964 bits per heavy atom. The van der Waals surface area contributed by atoms with Crippen molar-refractivity contribution >= 4 is 28.9 Å². The van der Waals surface area contributed by atoms with E-state index in [4.69, 9.17) is 0 Å². The molecule has 140 valence electrons. The van der Waals surface area contributed by atoms with Crippen molar-refractivity contribution in [1.82, 2.24) is 0 Å². The van der Waals surface area contributed by atoms with E-state index in [9.17, 15) is 9.59 Å². The first kappa shape index (κ1) is 17.8. The van der Waals surface area contributed by atoms with Crippen molar-refractivity contribution in [2.45, 2.75) is 20.0 Å². The van der Waals surface area contributed by atoms with Crippen molar-refractivity contribution in [3.05, 3.63) is 89.5 Å². The van der Waals surface area contributed by atoms with Crippen molar-refractivity contribution in [3.8, 4) is 0 Å². The van der Waals surface area contributed by atoms with Gasteiger partial charge >= 0.3 is 0 Å². The van der Waals surface area contributed by atoms with E-state index in [0.717, 1.165) is 28.2 Å². The summed E-state index contributed by atoms with van der Waals surface area (Å²) in [7, 11) is 0. The Balaban J connectivity index is 1.77. The zero-order valence-electron chi connectivity index (χ0n) is 15.8. The molecule has 4 rings (SSSR count). The number of rotatable bonds is 3. The molecule has 1 aliphatic heterocycles. The molecule has 5 heteroatoms. The fourth-order valence-corrected chi connectivity index (χ4v) is 3.41. The SMILES string of the molecule is CC(=O)Nc1ccc([C@H]2Nc3ccccc3C(=O)N2c2ccc(C)cc2)cc1. The maximum Gasteiger partial charge on any atom is 0.262 e. The molecule has 2 N–H and O–H groups in total. The lowest BCUT2D eigenvalue weighted by Gasteiger charge is -2.38. The lowest BCUT2D eigenvalue weighted by Crippen LogP contribution is -2.43. The van der Waals surface area contributed by atoms with Gasteiger partial charge in [-0.3, -0.25) is 14.5 Å². The van der Waals surface area contributed by atoms with Gasteiger partial charge in [0.15, 0.2) is 0 Å². The van der Waals surface area contributed by atoms with Crippen LogP contribution >= 0.6 is 0 Å². The Hall–Kier alpha value is -3.60. The van der Waals surface area contributed by atoms with Gasteiger partial charge in [0.25, 0.3) is 5.91 Å². The first-order valence-electron chi connectivity index (χ1n) is 9.16. The van der Waals surface area contributed by atoms with Crippen LogP contribution in [0.1, 0.15) is 34.6 Å². The van der Waals surface area contributed by atoms with Gasteiger partial charge in [-0.15, -0.1) is 0 Å². The lowest BCUT2D eigenvalue weighted by atomic mass is 10.0. The summed E-state index contributed by atoms with van der Waals surface area (Å²) in [5.41, 5.74) is 5.07. The van der Waals surface area contributed by atoms with E-state index in [1.165, 1.54) is 6.92 Å². The van der Waals surface area contributed by atoms with Crippen molar-refractivity contribution in [2.75, 3.05) is 15.5 Å². The molecule has 3 aromatic carbocycles. The number of carbonyl (C=O) groups excluding carboxylic acids is 2. The van der Waals surface area contributed by atoms with Crippen molar-refractivity contribution in [3.63, 3.8) is 0 Å². The first-order chi connectivity index (χ1) is 13.5. The van der Waals surface area contributed by atoms with Gasteiger partial charge in [0.1, 0.15) is 6.17 Å². The molecule has 0 radical (unpaired) electrons. The molecule has 0 spiro atoms. The zero-order valence-corrected chi connectivity index (χ0v) is 15.8. The number of hydrogen-bond donors (Lipinski definition) is 2. The van der Waals surface area contributed by atoms with Crippen LogP contribution in [0.25, 0.3) is 0 Å². The standard InChI is InChI=1S/C23H21N3O2/c1-15-7-13-19(14-8-15)26-22(17-9-11-18(12-10-17)24-16(2)27)25-21-6-4-3-5-20(21)23(26)28/h3-14,22,25H,1-2H3,(H,24,27)/t22-/m0/s1. The zero-order chi connectivity index (χ0) is 19.7. The summed E-state index contributed by atoms with van der Waals surface area (Å²) in [6, 6.07) is 23.0. The number of hydrogen-bond acceptors (Lipinski definition) is 3. The molecule has 1 atom stereocenters. The molecule has 0 aliphatic carbocycles. The van der Waals surface area contributed by atoms with Crippen LogP contribution in [0, 0.1) is 6.92 Å². The normalized spacial score (nSPS) is 15.6. The predicted octanol–water partition coefficient (Wildman–Crippen LogP) is 4.72. The van der Waals surface area contributed by atoms with E-state index >= 15 is 0 Å². The summed E-state index contributed by atoms with van der Waals surface area (Å²) in [6.45, 7) is 3.50. The highest BCUT2D eigenvalue weighted by atomic mass is 16.2. The minimum absolute atomic E-state index is 0.0471. The van der Waals surface area contributed by atoms with Gasteiger partial charge in [0.05, 0.1) is 5.56 Å². The highest BCUT2D eigenvalue weighted by Gasteiger charge is 2.33. The summed E-state index contributed by atoms with van der Waals surface area (Å²) in [4.78, 5) is 26.4. The maximum atomic E-state index is 13.3. The van der Waals surface area contributed by atoms with E-state index in [1.807, 2.05) is 79.7 Å². The lowest BCUT2D eigenvalue weighted by molar-refractivity contribution is -0.114. The first-order valence-corrected chi connectivity index (χ1v) is 9.16. The number of para-hydroxylation sites is 1. The van der Waals surface area contributed by atoms with Crippen LogP contribution in [0.3, 0.4) is 0 Å². The largest absolute Gasteiger partial charge is 0.360 e. The van der Waals surface area contributed by atoms with Crippen molar-refractivity contribution < 1.29 is 9.59 Å². The van der Waals surface area contributed by atoms with Crippen molar-refractivity contribution in [1.29, 1.82) is 0 Å². The van der Waals surface area contributed by atoms with Gasteiger partial charge in [-0.2, -0.15) is 0 Å². The van der Waals surface area contributed by atoms with Crippen molar-refractivity contribution in [2.24, 2.45) is 0 Å². The summed E-state index contributed by atoms with van der Waals surface area (Å²) < 4.78 is 0. The molecule has 1 aliphatic rings. The Kier molecular flexibility index (Phi) is 4.57. The third kappa shape index (κ3) is 3.34. The number of fused-ring (bicyclic) bond motifs is 1. The fourth-order valence-electron chi connectivity index (χ4n) is 3.41. The fraction of sp³-hybridized carbons (Fsp3) is 0.130. The third-order valence-electron chi connectivity index (χ3n) is 4.79. The van der Waals surface area contributed by atoms with Crippen LogP contribution < -0.4 is 15.5 Å². The molecule has 0 unspecified atom stereocenters. The van der Waals surface area contributed by atoms with Gasteiger partial charge in [-0.05, 0) is 48.9 Å². The van der Waals surface area contributed by atoms with Crippen LogP contribution in [0.2, 0.25) is 0 Å². The third-order valence-corrected chi connectivity index (χ3v) is 4.79. The molecule has 0 fully saturated rings. The molecule has 0 saturated carbocycles. The highest BCUT2D eigenvalue weighted by molar-refractivity contribution is 6.12. The number of benzene rings is 3. The summed E-state index contributed by atoms with van der Waals surface area (Å²) >= 11 is 0. The number of carbonyl (C=O) groups is 2. The summed E-state index contributed by atoms with van der Waals surface area (Å²) in [5, 5.41) is 6.25. The van der Waals surface area contributed by atoms with Crippen LogP contribution in [0.15, 0.2) is 72.8 Å². The Labute approximate surface area is 164 Å². The Morgan fingerprint density at radius 3 is 2.32 bits per heavy atom. The van der Waals surface area contributed by atoms with Crippen LogP contribution in [0.4, 0.5) is 17.1 Å². The van der Waals surface area contributed by atoms with Crippen LogP contribution in [0.5, 0.6) is 0 Å². The van der Waals surface area contributed by atoms with Gasteiger partial charge in [0, 0.05) is 24.0 Å². The molecule has 1 heterocycles. The summed E-state index contributed by atoms with van der Waals surface area (Å²) in [6.07, 6.45) is -0.350. The number of nitrogens with one attached hydrogen (secondary N) is 2. The number of nitrogens with zero attached hydrogens (tertiary/aromatic N) is 1. The maximum absolute atomic E-state index is 13.3. The van der Waals surface area contributed by atoms with Gasteiger partial charge < -0.3 is 10.6 Å². The van der Waals surface area contributed by atoms with E-state index in [-0.39, 0.29) is 18.0 Å². The second-order valence-electron chi connectivity index (χ2n) is 6.91. The molecule has 5 nitrogen and oxygen atoms in total. The van der Waals surface area contributed by atoms with E-state index in [0.29, 0.717) is 5.56 Å². The van der Waals surface area contributed by atoms with E-state index in [1.54, 1.807) is 4.90 Å². The van der Waals surface area contributed by atoms with E-state index in [2.05, 4.69) is 10.6 Å². The topological polar surface area (TPSA) is 61.4 Å². The number of anilines is 3. The minimum Gasteiger partial charge on any atom is -0.360 e. The van der Waals surface area contributed by atoms with Gasteiger partial charge in [0.2, 0.25) is 5.91 Å².